The minimum Gasteiger partial charge on any atom is -0.378 e. The van der Waals surface area contributed by atoms with Gasteiger partial charge in [-0.1, -0.05) is 23.8 Å². The van der Waals surface area contributed by atoms with Gasteiger partial charge in [-0.3, -0.25) is 5.10 Å². The second-order valence-electron chi connectivity index (χ2n) is 3.92. The Labute approximate surface area is 122 Å². The summed E-state index contributed by atoms with van der Waals surface area (Å²) >= 11 is 10.9. The maximum absolute atomic E-state index is 12.5. The minimum atomic E-state index is -4.49. The average Bonchev–Trinajstić information content (AvgIpc) is 2.69. The third-order valence-electron chi connectivity index (χ3n) is 2.43. The van der Waals surface area contributed by atoms with E-state index in [1.165, 1.54) is 11.8 Å². The Balaban J connectivity index is 2.46. The molecular weight excluding hydrogens is 315 g/mol. The summed E-state index contributed by atoms with van der Waals surface area (Å²) in [5.74, 6) is 0.104. The van der Waals surface area contributed by atoms with Crippen LogP contribution in [0.3, 0.4) is 0 Å². The van der Waals surface area contributed by atoms with Crippen molar-refractivity contribution in [1.29, 1.82) is 0 Å². The molecule has 0 bridgehead atoms. The molecule has 0 saturated heterocycles. The molecule has 0 atom stereocenters. The topological polar surface area (TPSA) is 42.8 Å². The molecule has 2 heterocycles. The number of ether oxygens (including phenoxy) is 1. The summed E-state index contributed by atoms with van der Waals surface area (Å²) in [4.78, 5) is 3.72. The lowest BCUT2D eigenvalue weighted by Gasteiger charge is -2.09. The summed E-state index contributed by atoms with van der Waals surface area (Å²) in [5, 5.41) is 2.71. The van der Waals surface area contributed by atoms with Crippen molar-refractivity contribution in [3.05, 3.63) is 39.3 Å². The summed E-state index contributed by atoms with van der Waals surface area (Å²) < 4.78 is 44.2. The molecule has 0 spiro atoms. The minimum absolute atomic E-state index is 0.104. The molecule has 4 nitrogen and oxygen atoms in total. The number of methoxy groups -OCH3 is 1. The lowest BCUT2D eigenvalue weighted by molar-refractivity contribution is -0.137. The average molecular weight is 324 g/mol. The summed E-state index contributed by atoms with van der Waals surface area (Å²) in [7, 11) is 1.51. The number of halogens is 4. The van der Waals surface area contributed by atoms with E-state index in [-0.39, 0.29) is 17.4 Å². The molecule has 0 unspecified atom stereocenters. The molecular formula is C11H9ClF3N3OS. The third-order valence-corrected chi connectivity index (χ3v) is 3.01. The van der Waals surface area contributed by atoms with Crippen molar-refractivity contribution in [1.82, 2.24) is 14.8 Å². The third kappa shape index (κ3) is 3.02. The summed E-state index contributed by atoms with van der Waals surface area (Å²) in [6, 6.07) is 2.43. The predicted octanol–water partition coefficient (Wildman–Crippen LogP) is 3.75. The van der Waals surface area contributed by atoms with Gasteiger partial charge in [-0.05, 0) is 12.1 Å². The molecule has 0 aliphatic rings. The number of pyridine rings is 1. The van der Waals surface area contributed by atoms with Crippen LogP contribution in [-0.4, -0.2) is 21.9 Å². The number of nitrogens with zero attached hydrogens (tertiary/aromatic N) is 2. The summed E-state index contributed by atoms with van der Waals surface area (Å²) in [6.45, 7) is 0.287. The molecule has 0 aliphatic heterocycles. The number of nitrogens with one attached hydrogen (secondary N) is 1. The van der Waals surface area contributed by atoms with Crippen molar-refractivity contribution in [3.63, 3.8) is 0 Å². The zero-order valence-electron chi connectivity index (χ0n) is 10.2. The Bertz CT molecular complexity index is 680. The number of alkyl halides is 3. The maximum Gasteiger partial charge on any atom is 0.417 e. The van der Waals surface area contributed by atoms with Crippen molar-refractivity contribution in [3.8, 4) is 5.82 Å². The predicted molar refractivity (Wildman–Crippen MR) is 69.5 cm³/mol. The van der Waals surface area contributed by atoms with Crippen LogP contribution in [0.15, 0.2) is 18.3 Å². The Hall–Kier alpha value is -1.38. The zero-order chi connectivity index (χ0) is 14.9. The lowest BCUT2D eigenvalue weighted by atomic mass is 10.3. The van der Waals surface area contributed by atoms with Crippen molar-refractivity contribution < 1.29 is 17.9 Å². The highest BCUT2D eigenvalue weighted by atomic mass is 35.5. The molecule has 0 aromatic carbocycles. The molecule has 2 rings (SSSR count). The van der Waals surface area contributed by atoms with Crippen LogP contribution in [0.5, 0.6) is 0 Å². The Morgan fingerprint density at radius 1 is 1.45 bits per heavy atom. The van der Waals surface area contributed by atoms with Gasteiger partial charge in [0, 0.05) is 13.3 Å². The van der Waals surface area contributed by atoms with Gasteiger partial charge >= 0.3 is 6.18 Å². The Kier molecular flexibility index (Phi) is 4.17. The smallest absolute Gasteiger partial charge is 0.378 e. The highest BCUT2D eigenvalue weighted by Crippen LogP contribution is 2.31. The highest BCUT2D eigenvalue weighted by Gasteiger charge is 2.31. The first-order chi connectivity index (χ1) is 9.32. The monoisotopic (exact) mass is 323 g/mol. The molecule has 2 aromatic rings. The fraction of sp³-hybridized carbons (Fsp3) is 0.273. The molecule has 2 aromatic heterocycles. The van der Waals surface area contributed by atoms with Gasteiger partial charge in [0.05, 0.1) is 22.9 Å². The maximum atomic E-state index is 12.5. The van der Waals surface area contributed by atoms with Crippen LogP contribution >= 0.6 is 23.8 Å². The Morgan fingerprint density at radius 2 is 2.15 bits per heavy atom. The van der Waals surface area contributed by atoms with Crippen LogP contribution in [0.25, 0.3) is 5.82 Å². The number of aromatic nitrogens is 3. The van der Waals surface area contributed by atoms with Crippen molar-refractivity contribution in [2.24, 2.45) is 0 Å². The second-order valence-corrected chi connectivity index (χ2v) is 4.74. The number of rotatable bonds is 3. The molecule has 0 fully saturated rings. The summed E-state index contributed by atoms with van der Waals surface area (Å²) in [5.41, 5.74) is -0.253. The fourth-order valence-electron chi connectivity index (χ4n) is 1.58. The van der Waals surface area contributed by atoms with Crippen molar-refractivity contribution in [2.45, 2.75) is 12.8 Å². The molecule has 20 heavy (non-hydrogen) atoms. The van der Waals surface area contributed by atoms with Crippen LogP contribution in [-0.2, 0) is 17.5 Å². The van der Waals surface area contributed by atoms with Gasteiger partial charge in [0.1, 0.15) is 4.64 Å². The largest absolute Gasteiger partial charge is 0.417 e. The molecule has 0 amide bonds. The Morgan fingerprint density at radius 3 is 2.70 bits per heavy atom. The molecule has 9 heteroatoms. The quantitative estimate of drug-likeness (QED) is 0.875. The van der Waals surface area contributed by atoms with E-state index >= 15 is 0 Å². The van der Waals surface area contributed by atoms with E-state index in [1.54, 1.807) is 6.07 Å². The molecule has 108 valence electrons. The van der Waals surface area contributed by atoms with Gasteiger partial charge in [0.25, 0.3) is 0 Å². The lowest BCUT2D eigenvalue weighted by Crippen LogP contribution is -2.08. The van der Waals surface area contributed by atoms with Gasteiger partial charge in [-0.25, -0.2) is 9.67 Å². The van der Waals surface area contributed by atoms with E-state index in [0.29, 0.717) is 16.5 Å². The van der Waals surface area contributed by atoms with E-state index in [9.17, 15) is 13.2 Å². The molecule has 0 radical (unpaired) electrons. The molecule has 0 saturated carbocycles. The van der Waals surface area contributed by atoms with Gasteiger partial charge < -0.3 is 4.74 Å². The standard InChI is InChI=1S/C11H9ClF3N3OS/c1-19-5-7-3-9(20)18(17-7)10-8(12)2-6(4-16-10)11(13,14)15/h2-4,17H,5H2,1H3. The van der Waals surface area contributed by atoms with E-state index in [0.717, 1.165) is 6.07 Å². The summed E-state index contributed by atoms with van der Waals surface area (Å²) in [6.07, 6.45) is -3.78. The molecule has 0 aliphatic carbocycles. The van der Waals surface area contributed by atoms with E-state index in [4.69, 9.17) is 28.6 Å². The second kappa shape index (κ2) is 5.55. The normalized spacial score (nSPS) is 11.8. The van der Waals surface area contributed by atoms with E-state index in [2.05, 4.69) is 10.1 Å². The van der Waals surface area contributed by atoms with Crippen LogP contribution < -0.4 is 0 Å². The van der Waals surface area contributed by atoms with Gasteiger partial charge in [0.15, 0.2) is 5.82 Å². The van der Waals surface area contributed by atoms with E-state index < -0.39 is 11.7 Å². The van der Waals surface area contributed by atoms with Gasteiger partial charge in [-0.15, -0.1) is 0 Å². The number of H-pyrrole nitrogens is 1. The first-order valence-electron chi connectivity index (χ1n) is 5.36. The van der Waals surface area contributed by atoms with Crippen molar-refractivity contribution in [2.75, 3.05) is 7.11 Å². The number of hydrogen-bond donors (Lipinski definition) is 1. The van der Waals surface area contributed by atoms with Crippen molar-refractivity contribution >= 4 is 23.8 Å². The van der Waals surface area contributed by atoms with Gasteiger partial charge in [-0.2, -0.15) is 13.2 Å². The van der Waals surface area contributed by atoms with Crippen LogP contribution in [0.4, 0.5) is 13.2 Å². The first kappa shape index (κ1) is 15.0. The first-order valence-corrected chi connectivity index (χ1v) is 6.14. The number of hydrogen-bond acceptors (Lipinski definition) is 3. The van der Waals surface area contributed by atoms with Crippen LogP contribution in [0.2, 0.25) is 5.02 Å². The van der Waals surface area contributed by atoms with Gasteiger partial charge in [0.2, 0.25) is 0 Å². The van der Waals surface area contributed by atoms with E-state index in [1.807, 2.05) is 0 Å². The molecule has 1 N–H and O–H groups in total. The fourth-order valence-corrected chi connectivity index (χ4v) is 2.11. The zero-order valence-corrected chi connectivity index (χ0v) is 11.7. The SMILES string of the molecule is COCc1cc(=S)n(-c2ncc(C(F)(F)F)cc2Cl)[nH]1. The number of aromatic amines is 1. The van der Waals surface area contributed by atoms with Crippen LogP contribution in [0.1, 0.15) is 11.3 Å². The van der Waals surface area contributed by atoms with Crippen LogP contribution in [0, 0.1) is 4.64 Å². The highest BCUT2D eigenvalue weighted by molar-refractivity contribution is 7.71.